The number of benzene rings is 2. The Balaban J connectivity index is 1.52. The second-order valence-corrected chi connectivity index (χ2v) is 10.4. The van der Waals surface area contributed by atoms with Crippen molar-refractivity contribution in [1.82, 2.24) is 9.36 Å². The molecule has 3 atom stereocenters. The molecular weight excluding hydrogens is 491 g/mol. The molecule has 0 spiro atoms. The molecule has 0 amide bonds. The Morgan fingerprint density at radius 2 is 1.88 bits per heavy atom. The normalized spacial score (nSPS) is 20.8. The highest BCUT2D eigenvalue weighted by Crippen LogP contribution is 2.39. The van der Waals surface area contributed by atoms with Crippen molar-refractivity contribution in [3.05, 3.63) is 65.7 Å². The van der Waals surface area contributed by atoms with E-state index in [2.05, 4.69) is 14.1 Å². The maximum Gasteiger partial charge on any atom is 0.266 e. The van der Waals surface area contributed by atoms with Crippen LogP contribution in [0.5, 0.6) is 5.75 Å². The summed E-state index contributed by atoms with van der Waals surface area (Å²) in [6.45, 7) is 0.0490. The van der Waals surface area contributed by atoms with Crippen LogP contribution in [0.15, 0.2) is 47.6 Å². The van der Waals surface area contributed by atoms with Crippen LogP contribution in [0.2, 0.25) is 0 Å². The van der Waals surface area contributed by atoms with E-state index in [1.807, 2.05) is 0 Å². The zero-order chi connectivity index (χ0) is 24.3. The van der Waals surface area contributed by atoms with Gasteiger partial charge in [-0.3, -0.25) is 4.72 Å². The molecular formula is C22H22F3N3O4S2. The first-order valence-electron chi connectivity index (χ1n) is 10.5. The molecule has 1 aliphatic carbocycles. The largest absolute Gasteiger partial charge is 0.490 e. The van der Waals surface area contributed by atoms with E-state index in [0.717, 1.165) is 36.3 Å². The van der Waals surface area contributed by atoms with Gasteiger partial charge < -0.3 is 9.47 Å². The third-order valence-electron chi connectivity index (χ3n) is 5.88. The Morgan fingerprint density at radius 3 is 2.56 bits per heavy atom. The van der Waals surface area contributed by atoms with Crippen molar-refractivity contribution in [3.63, 3.8) is 0 Å². The van der Waals surface area contributed by atoms with Crippen molar-refractivity contribution < 1.29 is 31.1 Å². The monoisotopic (exact) mass is 513 g/mol. The molecule has 0 saturated heterocycles. The fourth-order valence-electron chi connectivity index (χ4n) is 4.18. The van der Waals surface area contributed by atoms with Crippen LogP contribution in [0, 0.1) is 23.4 Å². The Labute approximate surface area is 199 Å². The smallest absolute Gasteiger partial charge is 0.266 e. The molecule has 34 heavy (non-hydrogen) atoms. The molecule has 1 fully saturated rings. The van der Waals surface area contributed by atoms with Gasteiger partial charge in [0.05, 0.1) is 12.7 Å². The maximum atomic E-state index is 14.7. The number of ether oxygens (including phenoxy) is 2. The van der Waals surface area contributed by atoms with Gasteiger partial charge in [0.1, 0.15) is 22.9 Å². The first kappa shape index (κ1) is 24.4. The SMILES string of the molecule is COC1CCC(c2ccc(F)cc2)C(COc2cc(F)c(S(=O)(=O)Nc3ncns3)cc2F)C1. The average Bonchev–Trinajstić information content (AvgIpc) is 3.32. The highest BCUT2D eigenvalue weighted by atomic mass is 32.2. The van der Waals surface area contributed by atoms with Crippen LogP contribution >= 0.6 is 11.5 Å². The summed E-state index contributed by atoms with van der Waals surface area (Å²) in [7, 11) is -2.79. The highest BCUT2D eigenvalue weighted by molar-refractivity contribution is 7.93. The molecule has 2 aromatic carbocycles. The van der Waals surface area contributed by atoms with Crippen LogP contribution in [0.3, 0.4) is 0 Å². The summed E-state index contributed by atoms with van der Waals surface area (Å²) in [5, 5.41) is -0.0723. The van der Waals surface area contributed by atoms with Gasteiger partial charge in [-0.05, 0) is 42.9 Å². The van der Waals surface area contributed by atoms with E-state index in [4.69, 9.17) is 9.47 Å². The number of anilines is 1. The molecule has 1 saturated carbocycles. The number of hydrogen-bond donors (Lipinski definition) is 1. The fraction of sp³-hybridized carbons (Fsp3) is 0.364. The Kier molecular flexibility index (Phi) is 7.39. The molecule has 4 rings (SSSR count). The van der Waals surface area contributed by atoms with Gasteiger partial charge in [-0.1, -0.05) is 12.1 Å². The molecule has 182 valence electrons. The summed E-state index contributed by atoms with van der Waals surface area (Å²) in [5.41, 5.74) is 0.931. The predicted molar refractivity (Wildman–Crippen MR) is 120 cm³/mol. The van der Waals surface area contributed by atoms with Crippen LogP contribution in [-0.4, -0.2) is 37.6 Å². The number of nitrogens with one attached hydrogen (secondary N) is 1. The van der Waals surface area contributed by atoms with Gasteiger partial charge in [-0.25, -0.2) is 26.6 Å². The van der Waals surface area contributed by atoms with E-state index in [9.17, 15) is 21.6 Å². The molecule has 1 aromatic heterocycles. The fourth-order valence-corrected chi connectivity index (χ4v) is 5.91. The van der Waals surface area contributed by atoms with Crippen molar-refractivity contribution in [1.29, 1.82) is 0 Å². The van der Waals surface area contributed by atoms with Gasteiger partial charge in [0.15, 0.2) is 11.6 Å². The van der Waals surface area contributed by atoms with Crippen molar-refractivity contribution in [3.8, 4) is 5.75 Å². The zero-order valence-corrected chi connectivity index (χ0v) is 19.7. The molecule has 0 aliphatic heterocycles. The van der Waals surface area contributed by atoms with Crippen molar-refractivity contribution in [2.45, 2.75) is 36.2 Å². The Bertz CT molecular complexity index is 1220. The molecule has 1 heterocycles. The van der Waals surface area contributed by atoms with E-state index in [-0.39, 0.29) is 35.5 Å². The summed E-state index contributed by atoms with van der Waals surface area (Å²) in [6, 6.07) is 7.49. The first-order chi connectivity index (χ1) is 16.3. The third-order valence-corrected chi connectivity index (χ3v) is 7.94. The minimum atomic E-state index is -4.41. The summed E-state index contributed by atoms with van der Waals surface area (Å²) >= 11 is 0.759. The summed E-state index contributed by atoms with van der Waals surface area (Å²) < 4.78 is 84.4. The number of sulfonamides is 1. The number of halogens is 3. The highest BCUT2D eigenvalue weighted by Gasteiger charge is 2.33. The predicted octanol–water partition coefficient (Wildman–Crippen LogP) is 4.73. The van der Waals surface area contributed by atoms with Gasteiger partial charge >= 0.3 is 0 Å². The molecule has 1 aliphatic rings. The minimum Gasteiger partial charge on any atom is -0.490 e. The maximum absolute atomic E-state index is 14.7. The number of rotatable bonds is 8. The number of nitrogens with zero attached hydrogens (tertiary/aromatic N) is 2. The minimum absolute atomic E-state index is 0.00849. The van der Waals surface area contributed by atoms with E-state index in [1.165, 1.54) is 12.1 Å². The van der Waals surface area contributed by atoms with Crippen molar-refractivity contribution in [2.75, 3.05) is 18.4 Å². The molecule has 7 nitrogen and oxygen atoms in total. The number of aromatic nitrogens is 2. The van der Waals surface area contributed by atoms with E-state index >= 15 is 0 Å². The van der Waals surface area contributed by atoms with Crippen molar-refractivity contribution in [2.24, 2.45) is 5.92 Å². The molecule has 0 radical (unpaired) electrons. The zero-order valence-electron chi connectivity index (χ0n) is 18.1. The topological polar surface area (TPSA) is 90.4 Å². The molecule has 1 N–H and O–H groups in total. The Hall–Kier alpha value is -2.70. The van der Waals surface area contributed by atoms with Gasteiger partial charge in [0.2, 0.25) is 5.13 Å². The second-order valence-electron chi connectivity index (χ2n) is 7.96. The van der Waals surface area contributed by atoms with Crippen LogP contribution in [0.1, 0.15) is 30.7 Å². The third kappa shape index (κ3) is 5.50. The van der Waals surface area contributed by atoms with Crippen LogP contribution < -0.4 is 9.46 Å². The van der Waals surface area contributed by atoms with Gasteiger partial charge in [0.25, 0.3) is 10.0 Å². The average molecular weight is 514 g/mol. The van der Waals surface area contributed by atoms with E-state index < -0.39 is 32.3 Å². The summed E-state index contributed by atoms with van der Waals surface area (Å²) in [6.07, 6.45) is 3.33. The molecule has 3 unspecified atom stereocenters. The lowest BCUT2D eigenvalue weighted by Gasteiger charge is -2.35. The quantitative estimate of drug-likeness (QED) is 0.468. The lowest BCUT2D eigenvalue weighted by atomic mass is 9.74. The van der Waals surface area contributed by atoms with E-state index in [0.29, 0.717) is 18.6 Å². The van der Waals surface area contributed by atoms with Gasteiger partial charge in [-0.15, -0.1) is 0 Å². The van der Waals surface area contributed by atoms with Gasteiger partial charge in [-0.2, -0.15) is 4.37 Å². The lowest BCUT2D eigenvalue weighted by Crippen LogP contribution is -2.31. The summed E-state index contributed by atoms with van der Waals surface area (Å²) in [4.78, 5) is 2.81. The standard InChI is InChI=1S/C22H22F3N3O4S2/c1-31-16-6-7-17(13-2-4-15(23)5-3-13)14(8-16)11-32-20-9-19(25)21(10-18(20)24)34(29,30)28-22-26-12-27-33-22/h2-5,9-10,12,14,16-17H,6-8,11H2,1H3,(H,26,27,28). The molecule has 3 aromatic rings. The van der Waals surface area contributed by atoms with Crippen LogP contribution in [-0.2, 0) is 14.8 Å². The van der Waals surface area contributed by atoms with Crippen LogP contribution in [0.4, 0.5) is 18.3 Å². The first-order valence-corrected chi connectivity index (χ1v) is 12.7. The molecule has 0 bridgehead atoms. The van der Waals surface area contributed by atoms with Crippen LogP contribution in [0.25, 0.3) is 0 Å². The lowest BCUT2D eigenvalue weighted by molar-refractivity contribution is 0.0297. The second kappa shape index (κ2) is 10.3. The van der Waals surface area contributed by atoms with Crippen molar-refractivity contribution >= 4 is 26.7 Å². The van der Waals surface area contributed by atoms with E-state index in [1.54, 1.807) is 19.2 Å². The number of methoxy groups -OCH3 is 1. The molecule has 12 heteroatoms. The Morgan fingerprint density at radius 1 is 1.12 bits per heavy atom. The number of hydrogen-bond acceptors (Lipinski definition) is 7. The summed E-state index contributed by atoms with van der Waals surface area (Å²) in [5.74, 6) is -3.00. The van der Waals surface area contributed by atoms with Gasteiger partial charge in [0, 0.05) is 36.7 Å².